The molecule has 2 saturated heterocycles. The van der Waals surface area contributed by atoms with Gasteiger partial charge in [0.15, 0.2) is 0 Å². The quantitative estimate of drug-likeness (QED) is 0.863. The lowest BCUT2D eigenvalue weighted by molar-refractivity contribution is -0.122. The third kappa shape index (κ3) is 2.18. The molecule has 0 spiro atoms. The van der Waals surface area contributed by atoms with E-state index in [0.717, 1.165) is 23.9 Å². The van der Waals surface area contributed by atoms with Gasteiger partial charge in [0.2, 0.25) is 5.91 Å². The fourth-order valence-electron chi connectivity index (χ4n) is 3.18. The van der Waals surface area contributed by atoms with Crippen LogP contribution in [0.15, 0.2) is 22.7 Å². The van der Waals surface area contributed by atoms with Gasteiger partial charge in [-0.05, 0) is 31.0 Å². The molecule has 2 heterocycles. The van der Waals surface area contributed by atoms with Crippen LogP contribution in [-0.2, 0) is 4.79 Å². The predicted molar refractivity (Wildman–Crippen MR) is 78.0 cm³/mol. The van der Waals surface area contributed by atoms with E-state index in [1.807, 2.05) is 12.1 Å². The van der Waals surface area contributed by atoms with Gasteiger partial charge in [0, 0.05) is 17.6 Å². The van der Waals surface area contributed by atoms with E-state index < -0.39 is 5.97 Å². The summed E-state index contributed by atoms with van der Waals surface area (Å²) in [7, 11) is 0. The van der Waals surface area contributed by atoms with Crippen LogP contribution < -0.4 is 10.2 Å². The number of benzene rings is 1. The van der Waals surface area contributed by atoms with Crippen LogP contribution in [-0.4, -0.2) is 36.1 Å². The van der Waals surface area contributed by atoms with Crippen LogP contribution in [0.5, 0.6) is 0 Å². The van der Waals surface area contributed by atoms with Crippen molar-refractivity contribution in [3.8, 4) is 0 Å². The van der Waals surface area contributed by atoms with E-state index in [1.165, 1.54) is 0 Å². The van der Waals surface area contributed by atoms with Gasteiger partial charge in [-0.2, -0.15) is 0 Å². The van der Waals surface area contributed by atoms with Crippen molar-refractivity contribution in [2.45, 2.75) is 18.9 Å². The molecule has 2 N–H and O–H groups in total. The Morgan fingerprint density at radius 1 is 1.45 bits per heavy atom. The van der Waals surface area contributed by atoms with Gasteiger partial charge >= 0.3 is 5.97 Å². The number of halogens is 1. The Morgan fingerprint density at radius 2 is 2.25 bits per heavy atom. The molecule has 2 aliphatic rings. The summed E-state index contributed by atoms with van der Waals surface area (Å²) in [5, 5.41) is 12.3. The van der Waals surface area contributed by atoms with E-state index in [1.54, 1.807) is 6.07 Å². The van der Waals surface area contributed by atoms with Crippen molar-refractivity contribution in [2.24, 2.45) is 5.92 Å². The Labute approximate surface area is 125 Å². The molecule has 3 rings (SSSR count). The summed E-state index contributed by atoms with van der Waals surface area (Å²) in [5.41, 5.74) is 0.978. The monoisotopic (exact) mass is 338 g/mol. The first kappa shape index (κ1) is 13.4. The maximum absolute atomic E-state index is 11.8. The lowest BCUT2D eigenvalue weighted by Gasteiger charge is -2.38. The number of aromatic carboxylic acids is 1. The van der Waals surface area contributed by atoms with Crippen molar-refractivity contribution in [3.63, 3.8) is 0 Å². The Balaban J connectivity index is 2.00. The molecule has 1 amide bonds. The summed E-state index contributed by atoms with van der Waals surface area (Å²) in [6.45, 7) is 1.39. The molecule has 0 aliphatic carbocycles. The van der Waals surface area contributed by atoms with Gasteiger partial charge in [0.25, 0.3) is 0 Å². The zero-order chi connectivity index (χ0) is 14.3. The molecule has 1 aromatic carbocycles. The van der Waals surface area contributed by atoms with Crippen molar-refractivity contribution in [2.75, 3.05) is 18.0 Å². The van der Waals surface area contributed by atoms with E-state index in [4.69, 9.17) is 0 Å². The van der Waals surface area contributed by atoms with E-state index in [2.05, 4.69) is 26.1 Å². The minimum absolute atomic E-state index is 0.0194. The number of hydrogen-bond donors (Lipinski definition) is 2. The van der Waals surface area contributed by atoms with Crippen molar-refractivity contribution in [1.82, 2.24) is 5.32 Å². The fourth-order valence-corrected chi connectivity index (χ4v) is 3.54. The first-order chi connectivity index (χ1) is 9.58. The molecular weight excluding hydrogens is 324 g/mol. The second-order valence-corrected chi connectivity index (χ2v) is 6.14. The van der Waals surface area contributed by atoms with Crippen LogP contribution in [0.1, 0.15) is 23.2 Å². The highest BCUT2D eigenvalue weighted by Gasteiger charge is 2.41. The van der Waals surface area contributed by atoms with E-state index in [0.29, 0.717) is 12.2 Å². The minimum atomic E-state index is -0.944. The molecule has 6 heteroatoms. The Hall–Kier alpha value is -1.56. The molecule has 0 saturated carbocycles. The molecule has 2 fully saturated rings. The van der Waals surface area contributed by atoms with Crippen molar-refractivity contribution >= 4 is 33.5 Å². The van der Waals surface area contributed by atoms with E-state index in [9.17, 15) is 14.7 Å². The van der Waals surface area contributed by atoms with Gasteiger partial charge in [0.1, 0.15) is 0 Å². The SMILES string of the molecule is O=C(O)c1cc(Br)ccc1N1CCCC2C(=O)NCC21. The largest absolute Gasteiger partial charge is 0.478 e. The fraction of sp³-hybridized carbons (Fsp3) is 0.429. The van der Waals surface area contributed by atoms with Crippen LogP contribution in [0.3, 0.4) is 0 Å². The van der Waals surface area contributed by atoms with Gasteiger partial charge in [-0.15, -0.1) is 0 Å². The minimum Gasteiger partial charge on any atom is -0.478 e. The molecule has 0 bridgehead atoms. The van der Waals surface area contributed by atoms with Crippen LogP contribution >= 0.6 is 15.9 Å². The van der Waals surface area contributed by atoms with Crippen molar-refractivity contribution < 1.29 is 14.7 Å². The number of nitrogens with one attached hydrogen (secondary N) is 1. The highest BCUT2D eigenvalue weighted by atomic mass is 79.9. The first-order valence-corrected chi connectivity index (χ1v) is 7.44. The molecule has 0 radical (unpaired) electrons. The number of rotatable bonds is 2. The normalized spacial score (nSPS) is 25.2. The summed E-state index contributed by atoms with van der Waals surface area (Å²) in [6.07, 6.45) is 1.79. The zero-order valence-corrected chi connectivity index (χ0v) is 12.4. The summed E-state index contributed by atoms with van der Waals surface area (Å²) in [6, 6.07) is 5.34. The van der Waals surface area contributed by atoms with Crippen LogP contribution in [0.4, 0.5) is 5.69 Å². The third-order valence-corrected chi connectivity index (χ3v) is 4.59. The van der Waals surface area contributed by atoms with Crippen LogP contribution in [0.2, 0.25) is 0 Å². The molecule has 2 atom stereocenters. The molecule has 106 valence electrons. The number of carbonyl (C=O) groups is 2. The third-order valence-electron chi connectivity index (χ3n) is 4.10. The highest BCUT2D eigenvalue weighted by Crippen LogP contribution is 2.34. The molecule has 20 heavy (non-hydrogen) atoms. The average Bonchev–Trinajstić information content (AvgIpc) is 2.81. The highest BCUT2D eigenvalue weighted by molar-refractivity contribution is 9.10. The Bertz CT molecular complexity index is 576. The summed E-state index contributed by atoms with van der Waals surface area (Å²) in [4.78, 5) is 25.3. The van der Waals surface area contributed by atoms with Gasteiger partial charge in [-0.1, -0.05) is 15.9 Å². The topological polar surface area (TPSA) is 69.6 Å². The summed E-state index contributed by atoms with van der Waals surface area (Å²) < 4.78 is 0.743. The first-order valence-electron chi connectivity index (χ1n) is 6.65. The molecule has 1 aromatic rings. The maximum atomic E-state index is 11.8. The van der Waals surface area contributed by atoms with Gasteiger partial charge < -0.3 is 15.3 Å². The standard InChI is InChI=1S/C14H15BrN2O3/c15-8-3-4-11(10(6-8)14(19)20)17-5-1-2-9-12(17)7-16-13(9)18/h3-4,6,9,12H,1-2,5,7H2,(H,16,18)(H,19,20). The van der Waals surface area contributed by atoms with Crippen molar-refractivity contribution in [1.29, 1.82) is 0 Å². The number of carbonyl (C=O) groups excluding carboxylic acids is 1. The van der Waals surface area contributed by atoms with E-state index >= 15 is 0 Å². The number of anilines is 1. The zero-order valence-electron chi connectivity index (χ0n) is 10.8. The predicted octanol–water partition coefficient (Wildman–Crippen LogP) is 1.86. The molecule has 2 aliphatic heterocycles. The van der Waals surface area contributed by atoms with Crippen molar-refractivity contribution in [3.05, 3.63) is 28.2 Å². The van der Waals surface area contributed by atoms with Gasteiger partial charge in [0.05, 0.1) is 23.2 Å². The van der Waals surface area contributed by atoms with Gasteiger partial charge in [-0.3, -0.25) is 4.79 Å². The average molecular weight is 339 g/mol. The lowest BCUT2D eigenvalue weighted by Crippen LogP contribution is -2.46. The number of fused-ring (bicyclic) bond motifs is 1. The van der Waals surface area contributed by atoms with Crippen LogP contribution in [0, 0.1) is 5.92 Å². The summed E-state index contributed by atoms with van der Waals surface area (Å²) >= 11 is 3.31. The number of amides is 1. The number of piperidine rings is 1. The Kier molecular flexibility index (Phi) is 3.41. The number of carboxylic acids is 1. The van der Waals surface area contributed by atoms with E-state index in [-0.39, 0.29) is 23.4 Å². The molecule has 5 nitrogen and oxygen atoms in total. The lowest BCUT2D eigenvalue weighted by atomic mass is 9.90. The number of carboxylic acid groups (broad SMARTS) is 1. The summed E-state index contributed by atoms with van der Waals surface area (Å²) in [5.74, 6) is -0.872. The number of nitrogens with zero attached hydrogens (tertiary/aromatic N) is 1. The van der Waals surface area contributed by atoms with Gasteiger partial charge in [-0.25, -0.2) is 4.79 Å². The second kappa shape index (κ2) is 5.09. The smallest absolute Gasteiger partial charge is 0.337 e. The van der Waals surface area contributed by atoms with Crippen LogP contribution in [0.25, 0.3) is 0 Å². The maximum Gasteiger partial charge on any atom is 0.337 e. The molecule has 0 aromatic heterocycles. The Morgan fingerprint density at radius 3 is 3.00 bits per heavy atom. The molecule has 2 unspecified atom stereocenters. The molecular formula is C14H15BrN2O3. The second-order valence-electron chi connectivity index (χ2n) is 5.22. The number of hydrogen-bond acceptors (Lipinski definition) is 3.